The molecule has 1 fully saturated rings. The summed E-state index contributed by atoms with van der Waals surface area (Å²) in [4.78, 5) is 48.8. The van der Waals surface area contributed by atoms with Gasteiger partial charge in [-0.25, -0.2) is 9.78 Å². The molecule has 0 bridgehead atoms. The molecule has 9 nitrogen and oxygen atoms in total. The number of aliphatic hydroxyl groups is 1. The number of ketones is 1. The van der Waals surface area contributed by atoms with Crippen molar-refractivity contribution in [1.29, 1.82) is 0 Å². The number of carbonyl (C=O) groups excluding carboxylic acids is 3. The lowest BCUT2D eigenvalue weighted by Crippen LogP contribution is -2.29. The molecule has 0 aliphatic carbocycles. The molecular formula is C26H25N3O6S. The van der Waals surface area contributed by atoms with Crippen molar-refractivity contribution in [3.63, 3.8) is 0 Å². The van der Waals surface area contributed by atoms with Crippen molar-refractivity contribution in [2.75, 3.05) is 11.5 Å². The van der Waals surface area contributed by atoms with E-state index in [4.69, 9.17) is 9.47 Å². The lowest BCUT2D eigenvalue weighted by Gasteiger charge is -2.22. The summed E-state index contributed by atoms with van der Waals surface area (Å²) >= 11 is 0.952. The molecule has 36 heavy (non-hydrogen) atoms. The number of pyridine rings is 1. The Bertz CT molecular complexity index is 1330. The molecule has 1 saturated heterocycles. The van der Waals surface area contributed by atoms with Gasteiger partial charge in [-0.05, 0) is 63.6 Å². The molecule has 3 heterocycles. The molecule has 1 amide bonds. The number of hydrogen-bond acceptors (Lipinski definition) is 9. The minimum absolute atomic E-state index is 0.0263. The van der Waals surface area contributed by atoms with E-state index < -0.39 is 23.7 Å². The molecule has 0 radical (unpaired) electrons. The van der Waals surface area contributed by atoms with Gasteiger partial charge in [0.05, 0.1) is 30.0 Å². The van der Waals surface area contributed by atoms with E-state index in [1.165, 1.54) is 11.1 Å². The van der Waals surface area contributed by atoms with Crippen LogP contribution in [-0.2, 0) is 14.3 Å². The number of anilines is 1. The molecule has 1 aliphatic heterocycles. The summed E-state index contributed by atoms with van der Waals surface area (Å²) in [6.45, 7) is 7.31. The SMILES string of the molecule is CCOC(=O)c1sc(N2C(=O)C(=O)C(=C(O)c3ccc(OC(C)C)cc3)[C@H]2c2cccnc2)nc1C. The highest BCUT2D eigenvalue weighted by Crippen LogP contribution is 2.43. The van der Waals surface area contributed by atoms with Crippen LogP contribution in [0.2, 0.25) is 0 Å². The number of carbonyl (C=O) groups is 3. The van der Waals surface area contributed by atoms with Gasteiger partial charge in [0.1, 0.15) is 16.4 Å². The van der Waals surface area contributed by atoms with Crippen LogP contribution in [0.3, 0.4) is 0 Å². The second-order valence-corrected chi connectivity index (χ2v) is 9.26. The molecule has 1 N–H and O–H groups in total. The second-order valence-electron chi connectivity index (χ2n) is 8.28. The monoisotopic (exact) mass is 507 g/mol. The average Bonchev–Trinajstić information content (AvgIpc) is 3.36. The molecule has 186 valence electrons. The number of aryl methyl sites for hydroxylation is 1. The first-order chi connectivity index (χ1) is 17.2. The fraction of sp³-hybridized carbons (Fsp3) is 0.269. The molecule has 1 aliphatic rings. The van der Waals surface area contributed by atoms with E-state index in [-0.39, 0.29) is 34.1 Å². The van der Waals surface area contributed by atoms with Crippen LogP contribution in [0.15, 0.2) is 54.4 Å². The minimum atomic E-state index is -0.995. The van der Waals surface area contributed by atoms with Gasteiger partial charge in [-0.1, -0.05) is 17.4 Å². The van der Waals surface area contributed by atoms with E-state index in [0.717, 1.165) is 11.3 Å². The Hall–Kier alpha value is -4.05. The first-order valence-corrected chi connectivity index (χ1v) is 12.2. The summed E-state index contributed by atoms with van der Waals surface area (Å²) in [5, 5.41) is 11.4. The van der Waals surface area contributed by atoms with Gasteiger partial charge in [-0.2, -0.15) is 0 Å². The van der Waals surface area contributed by atoms with Crippen LogP contribution >= 0.6 is 11.3 Å². The number of esters is 1. The predicted molar refractivity (Wildman–Crippen MR) is 134 cm³/mol. The number of hydrogen-bond donors (Lipinski definition) is 1. The summed E-state index contributed by atoms with van der Waals surface area (Å²) in [5.74, 6) is -2.02. The number of rotatable bonds is 7. The van der Waals surface area contributed by atoms with Gasteiger partial charge in [0.15, 0.2) is 5.13 Å². The predicted octanol–water partition coefficient (Wildman–Crippen LogP) is 4.44. The van der Waals surface area contributed by atoms with E-state index in [9.17, 15) is 19.5 Å². The van der Waals surface area contributed by atoms with Crippen molar-refractivity contribution < 1.29 is 29.0 Å². The maximum absolute atomic E-state index is 13.3. The van der Waals surface area contributed by atoms with Crippen LogP contribution in [0.25, 0.3) is 5.76 Å². The maximum Gasteiger partial charge on any atom is 0.350 e. The fourth-order valence-corrected chi connectivity index (χ4v) is 4.86. The first-order valence-electron chi connectivity index (χ1n) is 11.4. The van der Waals surface area contributed by atoms with Crippen LogP contribution in [0, 0.1) is 6.92 Å². The third kappa shape index (κ3) is 4.72. The summed E-state index contributed by atoms with van der Waals surface area (Å²) in [6, 6.07) is 8.98. The van der Waals surface area contributed by atoms with Gasteiger partial charge in [-0.15, -0.1) is 0 Å². The standard InChI is InChI=1S/C26H25N3O6S/c1-5-34-25(33)23-15(4)28-26(36-23)29-20(17-7-6-12-27-13-17)19(22(31)24(29)32)21(30)16-8-10-18(11-9-16)35-14(2)3/h6-14,20,30H,5H2,1-4H3/t20-/m1/s1. The molecule has 10 heteroatoms. The molecule has 0 spiro atoms. The molecule has 2 aromatic heterocycles. The normalized spacial score (nSPS) is 17.0. The molecule has 3 aromatic rings. The van der Waals surface area contributed by atoms with Crippen LogP contribution in [0.5, 0.6) is 5.75 Å². The van der Waals surface area contributed by atoms with Crippen molar-refractivity contribution >= 4 is 39.9 Å². The van der Waals surface area contributed by atoms with Crippen LogP contribution < -0.4 is 9.64 Å². The van der Waals surface area contributed by atoms with E-state index >= 15 is 0 Å². The minimum Gasteiger partial charge on any atom is -0.507 e. The number of aromatic nitrogens is 2. The van der Waals surface area contributed by atoms with E-state index in [0.29, 0.717) is 22.6 Å². The Labute approximate surface area is 212 Å². The smallest absolute Gasteiger partial charge is 0.350 e. The molecule has 1 aromatic carbocycles. The number of thiazole rings is 1. The van der Waals surface area contributed by atoms with Gasteiger partial charge in [0, 0.05) is 18.0 Å². The molecule has 1 atom stereocenters. The summed E-state index contributed by atoms with van der Waals surface area (Å²) in [6.07, 6.45) is 3.06. The Morgan fingerprint density at radius 2 is 1.92 bits per heavy atom. The molecule has 0 saturated carbocycles. The van der Waals surface area contributed by atoms with Gasteiger partial charge in [-0.3, -0.25) is 19.5 Å². The number of aliphatic hydroxyl groups excluding tert-OH is 1. The van der Waals surface area contributed by atoms with Gasteiger partial charge in [0.25, 0.3) is 5.78 Å². The lowest BCUT2D eigenvalue weighted by atomic mass is 9.96. The average molecular weight is 508 g/mol. The Morgan fingerprint density at radius 3 is 2.53 bits per heavy atom. The highest BCUT2D eigenvalue weighted by atomic mass is 32.1. The highest BCUT2D eigenvalue weighted by Gasteiger charge is 2.48. The fourth-order valence-electron chi connectivity index (χ4n) is 3.87. The highest BCUT2D eigenvalue weighted by molar-refractivity contribution is 7.17. The summed E-state index contributed by atoms with van der Waals surface area (Å²) in [5.41, 5.74) is 1.13. The van der Waals surface area contributed by atoms with Crippen LogP contribution in [0.4, 0.5) is 5.13 Å². The van der Waals surface area contributed by atoms with Gasteiger partial charge < -0.3 is 14.6 Å². The molecular weight excluding hydrogens is 482 g/mol. The Kier molecular flexibility index (Phi) is 7.16. The molecule has 0 unspecified atom stereocenters. The second kappa shape index (κ2) is 10.3. The van der Waals surface area contributed by atoms with Crippen molar-refractivity contribution in [3.05, 3.63) is 76.1 Å². The number of nitrogens with zero attached hydrogens (tertiary/aromatic N) is 3. The summed E-state index contributed by atoms with van der Waals surface area (Å²) in [7, 11) is 0. The van der Waals surface area contributed by atoms with E-state index in [1.807, 2.05) is 13.8 Å². The van der Waals surface area contributed by atoms with Crippen LogP contribution in [-0.4, -0.2) is 45.4 Å². The van der Waals surface area contributed by atoms with E-state index in [2.05, 4.69) is 9.97 Å². The lowest BCUT2D eigenvalue weighted by molar-refractivity contribution is -0.132. The summed E-state index contributed by atoms with van der Waals surface area (Å²) < 4.78 is 10.7. The largest absolute Gasteiger partial charge is 0.507 e. The third-order valence-electron chi connectivity index (χ3n) is 5.40. The topological polar surface area (TPSA) is 119 Å². The Morgan fingerprint density at radius 1 is 1.19 bits per heavy atom. The van der Waals surface area contributed by atoms with Crippen molar-refractivity contribution in [2.24, 2.45) is 0 Å². The zero-order valence-corrected chi connectivity index (χ0v) is 21.0. The Balaban J connectivity index is 1.83. The van der Waals surface area contributed by atoms with Gasteiger partial charge >= 0.3 is 11.9 Å². The van der Waals surface area contributed by atoms with Crippen molar-refractivity contribution in [1.82, 2.24) is 9.97 Å². The zero-order chi connectivity index (χ0) is 26.0. The molecule has 4 rings (SSSR count). The van der Waals surface area contributed by atoms with Gasteiger partial charge in [0.2, 0.25) is 0 Å². The maximum atomic E-state index is 13.3. The zero-order valence-electron chi connectivity index (χ0n) is 20.2. The number of benzene rings is 1. The van der Waals surface area contributed by atoms with Crippen LogP contribution in [0.1, 0.15) is 53.3 Å². The number of Topliss-reactive ketones (excluding diaryl/α,β-unsaturated/α-hetero) is 1. The third-order valence-corrected chi connectivity index (χ3v) is 6.53. The first kappa shape index (κ1) is 25.1. The van der Waals surface area contributed by atoms with E-state index in [1.54, 1.807) is 56.4 Å². The quantitative estimate of drug-likeness (QED) is 0.216. The number of amides is 1. The number of ether oxygens (including phenoxy) is 2. The van der Waals surface area contributed by atoms with Crippen molar-refractivity contribution in [2.45, 2.75) is 39.8 Å². The van der Waals surface area contributed by atoms with Crippen molar-refractivity contribution in [3.8, 4) is 5.75 Å².